The number of halogens is 1. The largest absolute Gasteiger partial charge is 0.497 e. The minimum absolute atomic E-state index is 0.116. The van der Waals surface area contributed by atoms with Crippen LogP contribution in [0.1, 0.15) is 30.0 Å². The molecule has 6 nitrogen and oxygen atoms in total. The topological polar surface area (TPSA) is 68.7 Å². The normalized spacial score (nSPS) is 17.8. The van der Waals surface area contributed by atoms with Crippen molar-refractivity contribution in [2.24, 2.45) is 0 Å². The first kappa shape index (κ1) is 21.2. The molecule has 0 atom stereocenters. The number of hydrogen-bond donors (Lipinski definition) is 0. The van der Waals surface area contributed by atoms with Gasteiger partial charge >= 0.3 is 0 Å². The first-order valence-corrected chi connectivity index (χ1v) is 12.2. The second kappa shape index (κ2) is 8.57. The van der Waals surface area contributed by atoms with Crippen LogP contribution in [0.5, 0.6) is 11.5 Å². The number of sulfone groups is 1. The van der Waals surface area contributed by atoms with E-state index >= 15 is 0 Å². The molecule has 30 heavy (non-hydrogen) atoms. The summed E-state index contributed by atoms with van der Waals surface area (Å²) in [5, 5.41) is 0.345. The molecule has 1 aromatic carbocycles. The molecule has 0 radical (unpaired) electrons. The molecular weight excluding hydrogens is 424 g/mol. The van der Waals surface area contributed by atoms with Crippen LogP contribution in [-0.2, 0) is 9.84 Å². The molecule has 0 N–H and O–H groups in total. The summed E-state index contributed by atoms with van der Waals surface area (Å²) in [6, 6.07) is 7.34. The van der Waals surface area contributed by atoms with E-state index < -0.39 is 9.84 Å². The second-order valence-electron chi connectivity index (χ2n) is 7.85. The fraction of sp³-hybridized carbons (Fsp3) is 0.409. The molecule has 1 fully saturated rings. The summed E-state index contributed by atoms with van der Waals surface area (Å²) in [6.07, 6.45) is 6.64. The van der Waals surface area contributed by atoms with E-state index in [2.05, 4.69) is 16.0 Å². The molecule has 160 valence electrons. The first-order valence-electron chi connectivity index (χ1n) is 9.91. The number of rotatable bonds is 5. The highest BCUT2D eigenvalue weighted by molar-refractivity contribution is 7.90. The van der Waals surface area contributed by atoms with Crippen LogP contribution in [0.25, 0.3) is 6.08 Å². The lowest BCUT2D eigenvalue weighted by molar-refractivity contribution is 0.216. The zero-order valence-corrected chi connectivity index (χ0v) is 18.7. The molecule has 2 aromatic rings. The van der Waals surface area contributed by atoms with Gasteiger partial charge in [0.2, 0.25) is 0 Å². The van der Waals surface area contributed by atoms with Crippen LogP contribution in [-0.4, -0.2) is 57.9 Å². The van der Waals surface area contributed by atoms with Crippen LogP contribution < -0.4 is 9.47 Å². The molecule has 0 unspecified atom stereocenters. The number of likely N-dealkylation sites (tertiary alicyclic amines) is 1. The summed E-state index contributed by atoms with van der Waals surface area (Å²) in [7, 11) is -1.71. The number of piperidine rings is 1. The predicted molar refractivity (Wildman–Crippen MR) is 117 cm³/mol. The number of nitrogens with zero attached hydrogens (tertiary/aromatic N) is 2. The van der Waals surface area contributed by atoms with Crippen molar-refractivity contribution in [1.82, 2.24) is 9.88 Å². The average Bonchev–Trinajstić information content (AvgIpc) is 2.73. The van der Waals surface area contributed by atoms with Crippen LogP contribution >= 0.6 is 11.6 Å². The molecule has 2 aliphatic rings. The summed E-state index contributed by atoms with van der Waals surface area (Å²) in [4.78, 5) is 7.01. The van der Waals surface area contributed by atoms with Crippen molar-refractivity contribution < 1.29 is 17.9 Å². The van der Waals surface area contributed by atoms with E-state index in [1.54, 1.807) is 7.11 Å². The lowest BCUT2D eigenvalue weighted by Crippen LogP contribution is -2.36. The lowest BCUT2D eigenvalue weighted by atomic mass is 9.92. The van der Waals surface area contributed by atoms with Crippen LogP contribution in [0.4, 0.5) is 0 Å². The SMILES string of the molecule is COc1ccc2c(c1)C=C(CN1CCC(c3ncc(Cl)cc3S(C)(=O)=O)CC1)CO2. The van der Waals surface area contributed by atoms with E-state index in [4.69, 9.17) is 21.1 Å². The number of hydrogen-bond acceptors (Lipinski definition) is 6. The highest BCUT2D eigenvalue weighted by Crippen LogP contribution is 2.34. The molecular formula is C22H25ClN2O4S. The fourth-order valence-corrected chi connectivity index (χ4v) is 5.27. The highest BCUT2D eigenvalue weighted by atomic mass is 35.5. The first-order chi connectivity index (χ1) is 14.3. The van der Waals surface area contributed by atoms with Crippen molar-refractivity contribution in [1.29, 1.82) is 0 Å². The van der Waals surface area contributed by atoms with Gasteiger partial charge in [0.25, 0.3) is 0 Å². The Morgan fingerprint density at radius 3 is 2.73 bits per heavy atom. The third-order valence-electron chi connectivity index (χ3n) is 5.64. The third-order valence-corrected chi connectivity index (χ3v) is 6.97. The number of aromatic nitrogens is 1. The number of ether oxygens (including phenoxy) is 2. The lowest BCUT2D eigenvalue weighted by Gasteiger charge is -2.33. The van der Waals surface area contributed by atoms with Gasteiger partial charge in [0.05, 0.1) is 22.7 Å². The number of pyridine rings is 1. The van der Waals surface area contributed by atoms with Gasteiger partial charge in [-0.2, -0.15) is 0 Å². The van der Waals surface area contributed by atoms with E-state index in [0.717, 1.165) is 49.5 Å². The van der Waals surface area contributed by atoms with Gasteiger partial charge in [0.15, 0.2) is 9.84 Å². The molecule has 4 rings (SSSR count). The summed E-state index contributed by atoms with van der Waals surface area (Å²) in [5.41, 5.74) is 2.90. The number of benzene rings is 1. The maximum absolute atomic E-state index is 12.2. The van der Waals surface area contributed by atoms with Crippen LogP contribution in [0.3, 0.4) is 0 Å². The zero-order valence-electron chi connectivity index (χ0n) is 17.1. The third kappa shape index (κ3) is 4.63. The molecule has 0 saturated carbocycles. The Morgan fingerprint density at radius 2 is 2.03 bits per heavy atom. The van der Waals surface area contributed by atoms with Gasteiger partial charge in [0.1, 0.15) is 18.1 Å². The molecule has 0 amide bonds. The predicted octanol–water partition coefficient (Wildman–Crippen LogP) is 3.80. The van der Waals surface area contributed by atoms with Gasteiger partial charge in [-0.25, -0.2) is 8.42 Å². The number of methoxy groups -OCH3 is 1. The zero-order chi connectivity index (χ0) is 21.3. The molecule has 1 aromatic heterocycles. The van der Waals surface area contributed by atoms with Crippen molar-refractivity contribution in [3.63, 3.8) is 0 Å². The van der Waals surface area contributed by atoms with Crippen LogP contribution in [0, 0.1) is 0 Å². The van der Waals surface area contributed by atoms with E-state index in [9.17, 15) is 8.42 Å². The minimum atomic E-state index is -3.37. The average molecular weight is 449 g/mol. The van der Waals surface area contributed by atoms with Gasteiger partial charge in [-0.05, 0) is 61.8 Å². The molecule has 0 spiro atoms. The molecule has 0 aliphatic carbocycles. The summed E-state index contributed by atoms with van der Waals surface area (Å²) in [6.45, 7) is 3.16. The van der Waals surface area contributed by atoms with Crippen molar-refractivity contribution in [2.45, 2.75) is 23.7 Å². The standard InChI is InChI=1S/C22H25ClN2O4S/c1-28-19-3-4-20-17(10-19)9-15(14-29-20)13-25-7-5-16(6-8-25)22-21(30(2,26)27)11-18(23)12-24-22/h3-4,9-12,16H,5-8,13-14H2,1-2H3. The molecule has 8 heteroatoms. The molecule has 0 bridgehead atoms. The Hall–Kier alpha value is -2.09. The van der Waals surface area contributed by atoms with Crippen molar-refractivity contribution >= 4 is 27.5 Å². The smallest absolute Gasteiger partial charge is 0.177 e. The van der Waals surface area contributed by atoms with E-state index in [1.165, 1.54) is 24.1 Å². The van der Waals surface area contributed by atoms with E-state index in [1.807, 2.05) is 18.2 Å². The Labute approximate surface area is 182 Å². The van der Waals surface area contributed by atoms with Crippen molar-refractivity contribution in [2.75, 3.05) is 39.6 Å². The maximum atomic E-state index is 12.2. The summed E-state index contributed by atoms with van der Waals surface area (Å²) >= 11 is 5.99. The van der Waals surface area contributed by atoms with E-state index in [0.29, 0.717) is 17.3 Å². The van der Waals surface area contributed by atoms with Crippen LogP contribution in [0.2, 0.25) is 5.02 Å². The quantitative estimate of drug-likeness (QED) is 0.693. The minimum Gasteiger partial charge on any atom is -0.497 e. The number of fused-ring (bicyclic) bond motifs is 1. The maximum Gasteiger partial charge on any atom is 0.177 e. The van der Waals surface area contributed by atoms with Crippen molar-refractivity contribution in [3.05, 3.63) is 52.3 Å². The van der Waals surface area contributed by atoms with Gasteiger partial charge < -0.3 is 9.47 Å². The molecule has 2 aliphatic heterocycles. The van der Waals surface area contributed by atoms with Gasteiger partial charge in [-0.3, -0.25) is 9.88 Å². The monoisotopic (exact) mass is 448 g/mol. The highest BCUT2D eigenvalue weighted by Gasteiger charge is 2.27. The Balaban J connectivity index is 1.43. The Morgan fingerprint density at radius 1 is 1.27 bits per heavy atom. The van der Waals surface area contributed by atoms with Gasteiger partial charge in [-0.1, -0.05) is 11.6 Å². The van der Waals surface area contributed by atoms with Crippen LogP contribution in [0.15, 0.2) is 40.9 Å². The second-order valence-corrected chi connectivity index (χ2v) is 10.3. The Bertz CT molecular complexity index is 1080. The van der Waals surface area contributed by atoms with Gasteiger partial charge in [-0.15, -0.1) is 0 Å². The molecule has 3 heterocycles. The van der Waals surface area contributed by atoms with E-state index in [-0.39, 0.29) is 10.8 Å². The fourth-order valence-electron chi connectivity index (χ4n) is 4.11. The summed E-state index contributed by atoms with van der Waals surface area (Å²) in [5.74, 6) is 1.80. The summed E-state index contributed by atoms with van der Waals surface area (Å²) < 4.78 is 35.6. The van der Waals surface area contributed by atoms with Crippen molar-refractivity contribution in [3.8, 4) is 11.5 Å². The van der Waals surface area contributed by atoms with Gasteiger partial charge in [0, 0.05) is 30.5 Å². The molecule has 1 saturated heterocycles. The Kier molecular flexibility index (Phi) is 6.04.